The van der Waals surface area contributed by atoms with E-state index in [1.54, 1.807) is 0 Å². The van der Waals surface area contributed by atoms with Crippen molar-refractivity contribution in [2.45, 2.75) is 13.3 Å². The predicted octanol–water partition coefficient (Wildman–Crippen LogP) is 0.779. The quantitative estimate of drug-likeness (QED) is 0.652. The Balaban J connectivity index is 2.50. The van der Waals surface area contributed by atoms with Gasteiger partial charge in [-0.05, 0) is 11.6 Å². The third-order valence-electron chi connectivity index (χ3n) is 1.17. The summed E-state index contributed by atoms with van der Waals surface area (Å²) in [6.45, 7) is 3.14. The van der Waals surface area contributed by atoms with Gasteiger partial charge in [-0.1, -0.05) is 16.5 Å². The summed E-state index contributed by atoms with van der Waals surface area (Å²) >= 11 is 1.32. The van der Waals surface area contributed by atoms with Crippen LogP contribution in [0.25, 0.3) is 0 Å². The Kier molecular flexibility index (Phi) is 2.56. The van der Waals surface area contributed by atoms with Crippen molar-refractivity contribution in [2.75, 3.05) is 18.5 Å². The summed E-state index contributed by atoms with van der Waals surface area (Å²) in [4.78, 5) is 2.05. The van der Waals surface area contributed by atoms with Crippen molar-refractivity contribution in [1.29, 1.82) is 0 Å². The van der Waals surface area contributed by atoms with Gasteiger partial charge in [0.1, 0.15) is 0 Å². The van der Waals surface area contributed by atoms with Crippen molar-refractivity contribution in [3.63, 3.8) is 0 Å². The molecule has 0 N–H and O–H groups in total. The first kappa shape index (κ1) is 7.40. The van der Waals surface area contributed by atoms with Crippen molar-refractivity contribution in [1.82, 2.24) is 14.8 Å². The summed E-state index contributed by atoms with van der Waals surface area (Å²) in [6, 6.07) is 0. The molecule has 0 spiro atoms. The minimum Gasteiger partial charge on any atom is -0.349 e. The topological polar surface area (TPSA) is 41.9 Å². The van der Waals surface area contributed by atoms with Gasteiger partial charge in [-0.3, -0.25) is 0 Å². The van der Waals surface area contributed by atoms with Crippen LogP contribution in [0.5, 0.6) is 0 Å². The summed E-state index contributed by atoms with van der Waals surface area (Å²) in [7, 11) is 1.99. The number of aromatic nitrogens is 3. The third kappa shape index (κ3) is 1.63. The van der Waals surface area contributed by atoms with Crippen molar-refractivity contribution in [3.8, 4) is 0 Å². The largest absolute Gasteiger partial charge is 0.349 e. The second kappa shape index (κ2) is 3.46. The first-order valence-electron chi connectivity index (χ1n) is 3.20. The monoisotopic (exact) mass is 158 g/mol. The average Bonchev–Trinajstić information content (AvgIpc) is 2.38. The van der Waals surface area contributed by atoms with E-state index >= 15 is 0 Å². The molecule has 0 fully saturated rings. The fourth-order valence-electron chi connectivity index (χ4n) is 0.707. The molecule has 0 aromatic carbocycles. The number of hydrogen-bond acceptors (Lipinski definition) is 5. The molecule has 1 aromatic heterocycles. The van der Waals surface area contributed by atoms with Crippen LogP contribution in [0.2, 0.25) is 0 Å². The van der Waals surface area contributed by atoms with Crippen molar-refractivity contribution >= 4 is 16.7 Å². The molecule has 1 aromatic rings. The molecule has 0 aliphatic rings. The zero-order chi connectivity index (χ0) is 7.40. The van der Waals surface area contributed by atoms with E-state index in [0.717, 1.165) is 18.1 Å². The SMILES string of the molecule is CCCN(C)c1nnns1. The molecule has 0 aliphatic carbocycles. The molecule has 10 heavy (non-hydrogen) atoms. The fourth-order valence-corrected chi connectivity index (χ4v) is 1.16. The molecule has 56 valence electrons. The smallest absolute Gasteiger partial charge is 0.227 e. The van der Waals surface area contributed by atoms with Crippen LogP contribution in [0.4, 0.5) is 5.13 Å². The number of rotatable bonds is 3. The Morgan fingerprint density at radius 1 is 1.60 bits per heavy atom. The van der Waals surface area contributed by atoms with Gasteiger partial charge in [0.05, 0.1) is 0 Å². The zero-order valence-corrected chi connectivity index (χ0v) is 6.93. The molecule has 4 nitrogen and oxygen atoms in total. The van der Waals surface area contributed by atoms with Gasteiger partial charge >= 0.3 is 0 Å². The molecular formula is C5H10N4S. The van der Waals surface area contributed by atoms with E-state index in [2.05, 4.69) is 21.7 Å². The highest BCUT2D eigenvalue weighted by Gasteiger charge is 2.01. The maximum atomic E-state index is 3.82. The first-order valence-corrected chi connectivity index (χ1v) is 3.98. The minimum absolute atomic E-state index is 0.891. The van der Waals surface area contributed by atoms with Gasteiger partial charge in [0, 0.05) is 25.1 Å². The summed E-state index contributed by atoms with van der Waals surface area (Å²) in [5.74, 6) is 0. The highest BCUT2D eigenvalue weighted by Crippen LogP contribution is 2.10. The maximum Gasteiger partial charge on any atom is 0.227 e. The van der Waals surface area contributed by atoms with Crippen LogP contribution < -0.4 is 4.90 Å². The normalized spacial score (nSPS) is 9.80. The van der Waals surface area contributed by atoms with Gasteiger partial charge in [-0.25, -0.2) is 0 Å². The maximum absolute atomic E-state index is 3.82. The van der Waals surface area contributed by atoms with Crippen molar-refractivity contribution in [2.24, 2.45) is 0 Å². The molecule has 0 saturated carbocycles. The number of anilines is 1. The van der Waals surface area contributed by atoms with Crippen LogP contribution in [0.1, 0.15) is 13.3 Å². The number of nitrogens with zero attached hydrogens (tertiary/aromatic N) is 4. The fraction of sp³-hybridized carbons (Fsp3) is 0.800. The van der Waals surface area contributed by atoms with Crippen LogP contribution >= 0.6 is 11.5 Å². The summed E-state index contributed by atoms with van der Waals surface area (Å²) in [5, 5.41) is 8.21. The Morgan fingerprint density at radius 3 is 2.90 bits per heavy atom. The summed E-state index contributed by atoms with van der Waals surface area (Å²) < 4.78 is 3.66. The summed E-state index contributed by atoms with van der Waals surface area (Å²) in [5.41, 5.74) is 0. The molecule has 0 amide bonds. The Morgan fingerprint density at radius 2 is 2.40 bits per heavy atom. The van der Waals surface area contributed by atoms with Gasteiger partial charge in [0.15, 0.2) is 0 Å². The lowest BCUT2D eigenvalue weighted by atomic mass is 10.5. The standard InChI is InChI=1S/C5H10N4S/c1-3-4-9(2)5-6-7-8-10-5/h3-4H2,1-2H3. The second-order valence-electron chi connectivity index (χ2n) is 2.07. The zero-order valence-electron chi connectivity index (χ0n) is 6.11. The van der Waals surface area contributed by atoms with Crippen LogP contribution in [0.15, 0.2) is 0 Å². The molecular weight excluding hydrogens is 148 g/mol. The highest BCUT2D eigenvalue weighted by molar-refractivity contribution is 7.09. The van der Waals surface area contributed by atoms with E-state index in [-0.39, 0.29) is 0 Å². The predicted molar refractivity (Wildman–Crippen MR) is 41.3 cm³/mol. The Bertz CT molecular complexity index is 174. The van der Waals surface area contributed by atoms with E-state index in [1.807, 2.05) is 11.9 Å². The van der Waals surface area contributed by atoms with Gasteiger partial charge < -0.3 is 4.90 Å². The highest BCUT2D eigenvalue weighted by atomic mass is 32.1. The first-order chi connectivity index (χ1) is 4.84. The molecule has 1 rings (SSSR count). The lowest BCUT2D eigenvalue weighted by Gasteiger charge is -2.11. The van der Waals surface area contributed by atoms with Crippen molar-refractivity contribution < 1.29 is 0 Å². The van der Waals surface area contributed by atoms with Gasteiger partial charge in [-0.2, -0.15) is 0 Å². The van der Waals surface area contributed by atoms with Gasteiger partial charge in [0.2, 0.25) is 5.13 Å². The average molecular weight is 158 g/mol. The minimum atomic E-state index is 0.891. The molecule has 0 saturated heterocycles. The van der Waals surface area contributed by atoms with Crippen molar-refractivity contribution in [3.05, 3.63) is 0 Å². The van der Waals surface area contributed by atoms with E-state index in [9.17, 15) is 0 Å². The van der Waals surface area contributed by atoms with Crippen LogP contribution in [-0.2, 0) is 0 Å². The van der Waals surface area contributed by atoms with E-state index in [0.29, 0.717) is 0 Å². The van der Waals surface area contributed by atoms with Crippen LogP contribution in [0, 0.1) is 0 Å². The molecule has 0 unspecified atom stereocenters. The molecule has 5 heteroatoms. The molecule has 0 radical (unpaired) electrons. The summed E-state index contributed by atoms with van der Waals surface area (Å²) in [6.07, 6.45) is 1.12. The molecule has 1 heterocycles. The molecule has 0 atom stereocenters. The molecule has 0 bridgehead atoms. The van der Waals surface area contributed by atoms with E-state index in [4.69, 9.17) is 0 Å². The van der Waals surface area contributed by atoms with Crippen LogP contribution in [-0.4, -0.2) is 28.4 Å². The van der Waals surface area contributed by atoms with Gasteiger partial charge in [0.25, 0.3) is 0 Å². The lowest BCUT2D eigenvalue weighted by Crippen LogP contribution is -2.17. The van der Waals surface area contributed by atoms with Gasteiger partial charge in [-0.15, -0.1) is 0 Å². The number of hydrogen-bond donors (Lipinski definition) is 0. The Hall–Kier alpha value is -0.710. The lowest BCUT2D eigenvalue weighted by molar-refractivity contribution is 0.830. The van der Waals surface area contributed by atoms with Crippen LogP contribution in [0.3, 0.4) is 0 Å². The van der Waals surface area contributed by atoms with E-state index in [1.165, 1.54) is 11.5 Å². The molecule has 0 aliphatic heterocycles. The van der Waals surface area contributed by atoms with E-state index < -0.39 is 0 Å². The second-order valence-corrected chi connectivity index (χ2v) is 2.78. The third-order valence-corrected chi connectivity index (χ3v) is 1.89. The Labute approximate surface area is 64.0 Å².